The molecule has 1 saturated heterocycles. The summed E-state index contributed by atoms with van der Waals surface area (Å²) in [7, 11) is 0. The molecule has 33 heavy (non-hydrogen) atoms. The van der Waals surface area contributed by atoms with Crippen LogP contribution in [0.4, 0.5) is 16.2 Å². The predicted molar refractivity (Wildman–Crippen MR) is 136 cm³/mol. The highest BCUT2D eigenvalue weighted by molar-refractivity contribution is 6.40. The number of rotatable bonds is 4. The molecule has 2 N–H and O–H groups in total. The molecule has 0 spiro atoms. The Kier molecular flexibility index (Phi) is 6.50. The van der Waals surface area contributed by atoms with Crippen LogP contribution in [0, 0.1) is 0 Å². The van der Waals surface area contributed by atoms with Gasteiger partial charge in [0.15, 0.2) is 0 Å². The van der Waals surface area contributed by atoms with Gasteiger partial charge in [-0.2, -0.15) is 0 Å². The number of hydrogen-bond donors (Lipinski definition) is 2. The molecule has 170 valence electrons. The number of hydrogen-bond acceptors (Lipinski definition) is 3. The Morgan fingerprint density at radius 2 is 1.55 bits per heavy atom. The molecule has 0 radical (unpaired) electrons. The van der Waals surface area contributed by atoms with Crippen LogP contribution in [-0.2, 0) is 13.1 Å². The minimum absolute atomic E-state index is 0.262. The van der Waals surface area contributed by atoms with E-state index in [0.717, 1.165) is 60.7 Å². The number of nitrogens with zero attached hydrogens (tertiary/aromatic N) is 2. The van der Waals surface area contributed by atoms with Crippen LogP contribution in [-0.4, -0.2) is 37.1 Å². The highest BCUT2D eigenvalue weighted by Crippen LogP contribution is 2.44. The third-order valence-electron chi connectivity index (χ3n) is 6.09. The van der Waals surface area contributed by atoms with Gasteiger partial charge in [0.25, 0.3) is 0 Å². The summed E-state index contributed by atoms with van der Waals surface area (Å²) < 4.78 is 0. The van der Waals surface area contributed by atoms with Crippen molar-refractivity contribution in [2.45, 2.75) is 13.1 Å². The predicted octanol–water partition coefficient (Wildman–Crippen LogP) is 6.08. The molecule has 8 heteroatoms. The summed E-state index contributed by atoms with van der Waals surface area (Å²) in [6.45, 7) is 5.04. The number of carbonyl (C=O) groups is 1. The number of carbonyl (C=O) groups excluding carboxylic acids is 1. The second-order valence-corrected chi connectivity index (χ2v) is 9.43. The molecule has 5 rings (SSSR count). The highest BCUT2D eigenvalue weighted by atomic mass is 35.5. The lowest BCUT2D eigenvalue weighted by Gasteiger charge is -2.34. The van der Waals surface area contributed by atoms with Crippen LogP contribution in [0.3, 0.4) is 0 Å². The van der Waals surface area contributed by atoms with Crippen LogP contribution < -0.4 is 15.5 Å². The lowest BCUT2D eigenvalue weighted by molar-refractivity contribution is 0.233. The van der Waals surface area contributed by atoms with E-state index in [9.17, 15) is 4.79 Å². The SMILES string of the molecule is O=C1NCc2c(-c3ccccc3Cl)cc(CN3CCNCC3)cc2N1c1c(Cl)cccc1Cl. The Morgan fingerprint density at radius 3 is 2.27 bits per heavy atom. The molecule has 5 nitrogen and oxygen atoms in total. The summed E-state index contributed by atoms with van der Waals surface area (Å²) in [6.07, 6.45) is 0. The van der Waals surface area contributed by atoms with Crippen molar-refractivity contribution in [2.24, 2.45) is 0 Å². The Labute approximate surface area is 208 Å². The van der Waals surface area contributed by atoms with E-state index in [2.05, 4.69) is 27.7 Å². The Morgan fingerprint density at radius 1 is 0.848 bits per heavy atom. The molecule has 1 fully saturated rings. The number of piperazine rings is 1. The van der Waals surface area contributed by atoms with Gasteiger partial charge in [-0.1, -0.05) is 59.1 Å². The third kappa shape index (κ3) is 4.44. The summed E-state index contributed by atoms with van der Waals surface area (Å²) in [4.78, 5) is 17.1. The number of urea groups is 1. The van der Waals surface area contributed by atoms with E-state index in [-0.39, 0.29) is 6.03 Å². The summed E-state index contributed by atoms with van der Waals surface area (Å²) in [5, 5.41) is 7.87. The van der Waals surface area contributed by atoms with Crippen molar-refractivity contribution < 1.29 is 4.79 Å². The second kappa shape index (κ2) is 9.53. The highest BCUT2D eigenvalue weighted by Gasteiger charge is 2.31. The molecule has 0 atom stereocenters. The van der Waals surface area contributed by atoms with Crippen LogP contribution in [0.25, 0.3) is 11.1 Å². The molecular weight excluding hydrogens is 479 g/mol. The average molecular weight is 502 g/mol. The van der Waals surface area contributed by atoms with Crippen molar-refractivity contribution in [1.82, 2.24) is 15.5 Å². The molecule has 3 aromatic carbocycles. The monoisotopic (exact) mass is 500 g/mol. The maximum atomic E-state index is 13.1. The molecule has 0 aromatic heterocycles. The van der Waals surface area contributed by atoms with Gasteiger partial charge in [0.05, 0.1) is 21.4 Å². The van der Waals surface area contributed by atoms with E-state index in [1.165, 1.54) is 0 Å². The number of anilines is 2. The zero-order valence-electron chi connectivity index (χ0n) is 17.9. The third-order valence-corrected chi connectivity index (χ3v) is 7.03. The van der Waals surface area contributed by atoms with E-state index >= 15 is 0 Å². The quantitative estimate of drug-likeness (QED) is 0.455. The number of halogens is 3. The van der Waals surface area contributed by atoms with Gasteiger partial charge in [-0.25, -0.2) is 4.79 Å². The van der Waals surface area contributed by atoms with Gasteiger partial charge < -0.3 is 10.6 Å². The molecule has 3 aromatic rings. The first-order chi connectivity index (χ1) is 16.0. The summed E-state index contributed by atoms with van der Waals surface area (Å²) in [6, 6.07) is 17.0. The molecule has 2 aliphatic rings. The van der Waals surface area contributed by atoms with E-state index in [1.54, 1.807) is 23.1 Å². The maximum Gasteiger partial charge on any atom is 0.326 e. The van der Waals surface area contributed by atoms with Gasteiger partial charge in [-0.05, 0) is 41.5 Å². The Bertz CT molecular complexity index is 1190. The van der Waals surface area contributed by atoms with Crippen molar-refractivity contribution in [1.29, 1.82) is 0 Å². The minimum Gasteiger partial charge on any atom is -0.333 e. The first kappa shape index (κ1) is 22.5. The number of benzene rings is 3. The van der Waals surface area contributed by atoms with Gasteiger partial charge in [-0.15, -0.1) is 0 Å². The molecule has 0 aliphatic carbocycles. The van der Waals surface area contributed by atoms with Crippen molar-refractivity contribution in [3.8, 4) is 11.1 Å². The van der Waals surface area contributed by atoms with E-state index in [0.29, 0.717) is 27.3 Å². The molecule has 2 aliphatic heterocycles. The first-order valence-corrected chi connectivity index (χ1v) is 12.0. The normalized spacial score (nSPS) is 16.5. The lowest BCUT2D eigenvalue weighted by atomic mass is 9.93. The van der Waals surface area contributed by atoms with E-state index in [1.807, 2.05) is 24.3 Å². The number of fused-ring (bicyclic) bond motifs is 1. The van der Waals surface area contributed by atoms with Gasteiger partial charge in [0.2, 0.25) is 0 Å². The minimum atomic E-state index is -0.262. The van der Waals surface area contributed by atoms with Crippen LogP contribution >= 0.6 is 34.8 Å². The fraction of sp³-hybridized carbons (Fsp3) is 0.240. The number of para-hydroxylation sites is 1. The Balaban J connectivity index is 1.70. The van der Waals surface area contributed by atoms with Gasteiger partial charge in [-0.3, -0.25) is 9.80 Å². The van der Waals surface area contributed by atoms with Crippen LogP contribution in [0.1, 0.15) is 11.1 Å². The van der Waals surface area contributed by atoms with Crippen molar-refractivity contribution in [3.05, 3.63) is 80.8 Å². The summed E-state index contributed by atoms with van der Waals surface area (Å²) >= 11 is 19.7. The van der Waals surface area contributed by atoms with Crippen LogP contribution in [0.5, 0.6) is 0 Å². The van der Waals surface area contributed by atoms with E-state index in [4.69, 9.17) is 34.8 Å². The largest absolute Gasteiger partial charge is 0.333 e. The summed E-state index contributed by atoms with van der Waals surface area (Å²) in [5.74, 6) is 0. The zero-order valence-corrected chi connectivity index (χ0v) is 20.1. The molecule has 0 bridgehead atoms. The topological polar surface area (TPSA) is 47.6 Å². The van der Waals surface area contributed by atoms with Gasteiger partial charge in [0.1, 0.15) is 0 Å². The maximum absolute atomic E-state index is 13.1. The lowest BCUT2D eigenvalue weighted by Crippen LogP contribution is -2.43. The van der Waals surface area contributed by atoms with Crippen molar-refractivity contribution in [2.75, 3.05) is 31.1 Å². The zero-order chi connectivity index (χ0) is 22.9. The fourth-order valence-electron chi connectivity index (χ4n) is 4.52. The summed E-state index contributed by atoms with van der Waals surface area (Å²) in [5.41, 5.74) is 5.26. The van der Waals surface area contributed by atoms with Crippen molar-refractivity contribution in [3.63, 3.8) is 0 Å². The molecule has 2 amide bonds. The molecule has 2 heterocycles. The van der Waals surface area contributed by atoms with Crippen LogP contribution in [0.2, 0.25) is 15.1 Å². The van der Waals surface area contributed by atoms with Crippen LogP contribution in [0.15, 0.2) is 54.6 Å². The standard InChI is InChI=1S/C25H23Cl3N4O/c26-20-5-2-1-4-17(20)18-12-16(15-31-10-8-29-9-11-31)13-23-19(18)14-30-25(33)32(23)24-21(27)6-3-7-22(24)28/h1-7,12-13,29H,8-11,14-15H2,(H,30,33). The van der Waals surface area contributed by atoms with E-state index < -0.39 is 0 Å². The molecular formula is C25H23Cl3N4O. The smallest absolute Gasteiger partial charge is 0.326 e. The second-order valence-electron chi connectivity index (χ2n) is 8.21. The number of nitrogens with one attached hydrogen (secondary N) is 2. The average Bonchev–Trinajstić information content (AvgIpc) is 2.81. The van der Waals surface area contributed by atoms with Crippen molar-refractivity contribution >= 4 is 52.2 Å². The first-order valence-electron chi connectivity index (χ1n) is 10.9. The Hall–Kier alpha value is -2.28. The molecule has 0 unspecified atom stereocenters. The molecule has 0 saturated carbocycles. The van der Waals surface area contributed by atoms with Gasteiger partial charge in [0, 0.05) is 55.4 Å². The number of amides is 2. The van der Waals surface area contributed by atoms with Gasteiger partial charge >= 0.3 is 6.03 Å². The fourth-order valence-corrected chi connectivity index (χ4v) is 5.32.